The fourth-order valence-corrected chi connectivity index (χ4v) is 5.40. The summed E-state index contributed by atoms with van der Waals surface area (Å²) in [6, 6.07) is 15.2. The van der Waals surface area contributed by atoms with Gasteiger partial charge in [0, 0.05) is 12.0 Å². The van der Waals surface area contributed by atoms with Crippen LogP contribution in [0.25, 0.3) is 0 Å². The molecular weight excluding hydrogens is 497 g/mol. The lowest BCUT2D eigenvalue weighted by atomic mass is 10.0. The number of ether oxygens (including phenoxy) is 3. The largest absolute Gasteiger partial charge is 0.446 e. The van der Waals surface area contributed by atoms with Crippen molar-refractivity contribution in [3.05, 3.63) is 71.3 Å². The highest BCUT2D eigenvalue weighted by Crippen LogP contribution is 2.61. The molecule has 0 saturated carbocycles. The molecule has 1 saturated heterocycles. The highest BCUT2D eigenvalue weighted by Gasteiger charge is 2.56. The first kappa shape index (κ1) is 29.0. The monoisotopic (exact) mass is 533 g/mol. The zero-order valence-corrected chi connectivity index (χ0v) is 23.0. The summed E-state index contributed by atoms with van der Waals surface area (Å²) in [6.45, 7) is 10.2. The van der Waals surface area contributed by atoms with E-state index in [2.05, 4.69) is 0 Å². The minimum Gasteiger partial charge on any atom is -0.446 e. The Morgan fingerprint density at radius 1 is 0.973 bits per heavy atom. The van der Waals surface area contributed by atoms with Gasteiger partial charge in [-0.15, -0.1) is 0 Å². The zero-order chi connectivity index (χ0) is 27.6. The Morgan fingerprint density at radius 3 is 2.00 bits per heavy atom. The Kier molecular flexibility index (Phi) is 8.37. The van der Waals surface area contributed by atoms with Gasteiger partial charge in [0.05, 0.1) is 11.2 Å². The van der Waals surface area contributed by atoms with Gasteiger partial charge in [-0.25, -0.2) is 9.69 Å². The number of imide groups is 1. The van der Waals surface area contributed by atoms with Gasteiger partial charge in [-0.1, -0.05) is 54.6 Å². The van der Waals surface area contributed by atoms with E-state index in [0.717, 1.165) is 16.0 Å². The number of nitrogens with zero attached hydrogens (tertiary/aromatic N) is 1. The van der Waals surface area contributed by atoms with Crippen molar-refractivity contribution in [1.82, 2.24) is 4.90 Å². The molecule has 10 heteroatoms. The maximum atomic E-state index is 13.0. The van der Waals surface area contributed by atoms with Crippen molar-refractivity contribution in [3.8, 4) is 0 Å². The molecule has 0 spiro atoms. The summed E-state index contributed by atoms with van der Waals surface area (Å²) in [5.74, 6) is -0.364. The topological polar surface area (TPSA) is 123 Å². The third kappa shape index (κ3) is 7.06. The van der Waals surface area contributed by atoms with Gasteiger partial charge in [0.25, 0.3) is 0 Å². The molecule has 1 fully saturated rings. The Hall–Kier alpha value is -2.55. The molecule has 3 rings (SSSR count). The van der Waals surface area contributed by atoms with E-state index in [9.17, 15) is 23.9 Å². The van der Waals surface area contributed by atoms with Crippen LogP contribution in [0.1, 0.15) is 70.7 Å². The first-order chi connectivity index (χ1) is 17.0. The molecule has 37 heavy (non-hydrogen) atoms. The van der Waals surface area contributed by atoms with Crippen molar-refractivity contribution >= 4 is 19.6 Å². The molecule has 202 valence electrons. The summed E-state index contributed by atoms with van der Waals surface area (Å²) >= 11 is 0. The number of aryl methyl sites for hydroxylation is 1. The number of cyclic esters (lactones) is 1. The van der Waals surface area contributed by atoms with E-state index in [4.69, 9.17) is 14.2 Å². The first-order valence-corrected chi connectivity index (χ1v) is 13.7. The summed E-state index contributed by atoms with van der Waals surface area (Å²) in [5.41, 5.74) is -2.47. The second-order valence-electron chi connectivity index (χ2n) is 11.0. The third-order valence-corrected chi connectivity index (χ3v) is 6.75. The quantitative estimate of drug-likeness (QED) is 0.348. The maximum Gasteiger partial charge on any atom is 0.417 e. The summed E-state index contributed by atoms with van der Waals surface area (Å²) in [4.78, 5) is 47.2. The fraction of sp³-hybridized carbons (Fsp3) is 0.481. The van der Waals surface area contributed by atoms with Crippen LogP contribution in [0.3, 0.4) is 0 Å². The number of hydrogen-bond donors (Lipinski definition) is 2. The Balaban J connectivity index is 1.81. The van der Waals surface area contributed by atoms with Crippen LogP contribution in [0.2, 0.25) is 0 Å². The van der Waals surface area contributed by atoms with Crippen molar-refractivity contribution in [2.45, 2.75) is 77.2 Å². The Bertz CT molecular complexity index is 1130. The molecular formula is C27H36NO8P. The van der Waals surface area contributed by atoms with E-state index in [0.29, 0.717) is 6.42 Å². The van der Waals surface area contributed by atoms with Crippen molar-refractivity contribution in [3.63, 3.8) is 0 Å². The van der Waals surface area contributed by atoms with Crippen LogP contribution in [0.15, 0.2) is 54.6 Å². The molecule has 2 amide bonds. The van der Waals surface area contributed by atoms with E-state index >= 15 is 0 Å². The number of amides is 2. The molecule has 1 atom stereocenters. The van der Waals surface area contributed by atoms with Gasteiger partial charge >= 0.3 is 19.2 Å². The van der Waals surface area contributed by atoms with Crippen LogP contribution in [-0.2, 0) is 35.5 Å². The maximum absolute atomic E-state index is 13.0. The number of benzene rings is 2. The molecule has 0 aromatic heterocycles. The Labute approximate surface area is 217 Å². The Morgan fingerprint density at radius 2 is 1.51 bits per heavy atom. The molecule has 1 heterocycles. The van der Waals surface area contributed by atoms with Crippen LogP contribution < -0.4 is 0 Å². The van der Waals surface area contributed by atoms with E-state index < -0.39 is 36.5 Å². The molecule has 0 unspecified atom stereocenters. The molecule has 0 radical (unpaired) electrons. The second-order valence-corrected chi connectivity index (χ2v) is 12.7. The van der Waals surface area contributed by atoms with E-state index in [-0.39, 0.29) is 24.5 Å². The minimum absolute atomic E-state index is 0.0540. The molecule has 1 aliphatic heterocycles. The van der Waals surface area contributed by atoms with E-state index in [1.54, 1.807) is 53.7 Å². The first-order valence-electron chi connectivity index (χ1n) is 12.1. The summed E-state index contributed by atoms with van der Waals surface area (Å²) in [6.07, 6.45) is -0.300. The summed E-state index contributed by atoms with van der Waals surface area (Å²) in [5, 5.41) is 0. The average Bonchev–Trinajstić information content (AvgIpc) is 3.17. The molecule has 2 aromatic rings. The van der Waals surface area contributed by atoms with Crippen molar-refractivity contribution in [2.24, 2.45) is 0 Å². The van der Waals surface area contributed by atoms with Gasteiger partial charge < -0.3 is 24.0 Å². The van der Waals surface area contributed by atoms with Crippen LogP contribution in [0, 0.1) is 0 Å². The van der Waals surface area contributed by atoms with Crippen molar-refractivity contribution in [2.75, 3.05) is 6.61 Å². The highest BCUT2D eigenvalue weighted by atomic mass is 31.2. The van der Waals surface area contributed by atoms with E-state index in [1.165, 1.54) is 12.1 Å². The minimum atomic E-state index is -4.98. The van der Waals surface area contributed by atoms with E-state index in [1.807, 2.05) is 30.3 Å². The highest BCUT2D eigenvalue weighted by molar-refractivity contribution is 7.52. The molecule has 9 nitrogen and oxygen atoms in total. The zero-order valence-electron chi connectivity index (χ0n) is 22.1. The lowest BCUT2D eigenvalue weighted by Crippen LogP contribution is -2.44. The van der Waals surface area contributed by atoms with Crippen LogP contribution in [-0.4, -0.2) is 44.5 Å². The normalized spacial score (nSPS) is 17.1. The average molecular weight is 534 g/mol. The van der Waals surface area contributed by atoms with Crippen molar-refractivity contribution in [1.29, 1.82) is 0 Å². The standard InChI is InChI=1S/C27H36NO8P/c1-25(2,3)35-27(37(31,32)33,36-26(4,5)6)21-15-12-19(13-16-21)14-17-23(29)28-22(18-34-24(28)30)20-10-8-7-9-11-20/h7-13,15-16,22H,14,17-18H2,1-6H3,(H2,31,32,33)/t22-/m1/s1. The van der Waals surface area contributed by atoms with Gasteiger partial charge in [-0.2, -0.15) is 0 Å². The second kappa shape index (κ2) is 10.7. The molecule has 0 bridgehead atoms. The predicted molar refractivity (Wildman–Crippen MR) is 138 cm³/mol. The SMILES string of the molecule is CC(C)(C)OC(OC(C)(C)C)(c1ccc(CCC(=O)N2C(=O)OC[C@@H]2c2ccccc2)cc1)P(=O)(O)O. The van der Waals surface area contributed by atoms with Crippen LogP contribution in [0.4, 0.5) is 4.79 Å². The predicted octanol–water partition coefficient (Wildman–Crippen LogP) is 5.26. The van der Waals surface area contributed by atoms with Gasteiger partial charge in [0.1, 0.15) is 12.6 Å². The van der Waals surface area contributed by atoms with Crippen LogP contribution in [0.5, 0.6) is 0 Å². The summed E-state index contributed by atoms with van der Waals surface area (Å²) < 4.78 is 29.8. The van der Waals surface area contributed by atoms with Gasteiger partial charge in [0.15, 0.2) is 0 Å². The molecule has 1 aliphatic rings. The third-order valence-electron chi connectivity index (χ3n) is 5.54. The smallest absolute Gasteiger partial charge is 0.417 e. The van der Waals surface area contributed by atoms with Gasteiger partial charge in [-0.05, 0) is 59.1 Å². The molecule has 0 aliphatic carbocycles. The van der Waals surface area contributed by atoms with Crippen LogP contribution >= 0.6 is 7.60 Å². The van der Waals surface area contributed by atoms with Gasteiger partial charge in [0.2, 0.25) is 5.91 Å². The molecule has 2 N–H and O–H groups in total. The lowest BCUT2D eigenvalue weighted by molar-refractivity contribution is -0.279. The fourth-order valence-electron chi connectivity index (χ4n) is 4.13. The number of carbonyl (C=O) groups excluding carboxylic acids is 2. The van der Waals surface area contributed by atoms with Gasteiger partial charge in [-0.3, -0.25) is 9.36 Å². The molecule has 2 aromatic carbocycles. The summed E-state index contributed by atoms with van der Waals surface area (Å²) in [7, 11) is -4.98. The number of hydrogen-bond acceptors (Lipinski definition) is 6. The van der Waals surface area contributed by atoms with Crippen molar-refractivity contribution < 1.29 is 38.2 Å². The number of carbonyl (C=O) groups is 2. The number of rotatable bonds is 8. The lowest BCUT2D eigenvalue weighted by Gasteiger charge is -2.43.